The first-order valence-electron chi connectivity index (χ1n) is 5.65. The Hall–Kier alpha value is -1.24. The van der Waals surface area contributed by atoms with E-state index in [1.807, 2.05) is 0 Å². The van der Waals surface area contributed by atoms with E-state index in [1.165, 1.54) is 42.4 Å². The van der Waals surface area contributed by atoms with Gasteiger partial charge in [-0.25, -0.2) is 0 Å². The minimum Gasteiger partial charge on any atom is -0.497 e. The third-order valence-electron chi connectivity index (χ3n) is 3.07. The Labute approximate surface area is 91.8 Å². The molecule has 0 spiro atoms. The first-order chi connectivity index (χ1) is 7.31. The minimum atomic E-state index is 0.952. The third kappa shape index (κ3) is 2.23. The van der Waals surface area contributed by atoms with Crippen LogP contribution in [-0.2, 0) is 0 Å². The summed E-state index contributed by atoms with van der Waals surface area (Å²) < 4.78 is 5.22. The summed E-state index contributed by atoms with van der Waals surface area (Å²) in [5.41, 5.74) is 4.24. The van der Waals surface area contributed by atoms with Crippen LogP contribution in [0.5, 0.6) is 5.75 Å². The van der Waals surface area contributed by atoms with Crippen LogP contribution in [0, 0.1) is 6.92 Å². The van der Waals surface area contributed by atoms with E-state index in [2.05, 4.69) is 31.2 Å². The van der Waals surface area contributed by atoms with Crippen molar-refractivity contribution in [3.05, 3.63) is 35.4 Å². The Balaban J connectivity index is 2.32. The Bertz CT molecular complexity index is 377. The van der Waals surface area contributed by atoms with Gasteiger partial charge in [-0.2, -0.15) is 0 Å². The second kappa shape index (κ2) is 4.52. The average Bonchev–Trinajstić information content (AvgIpc) is 2.30. The zero-order valence-corrected chi connectivity index (χ0v) is 9.55. The second-order valence-corrected chi connectivity index (χ2v) is 4.16. The normalized spacial score (nSPS) is 16.0. The first-order valence-corrected chi connectivity index (χ1v) is 5.65. The van der Waals surface area contributed by atoms with Crippen LogP contribution in [-0.4, -0.2) is 7.11 Å². The molecule has 0 aliphatic heterocycles. The molecule has 0 unspecified atom stereocenters. The number of hydrogen-bond acceptors (Lipinski definition) is 1. The first kappa shape index (κ1) is 10.3. The summed E-state index contributed by atoms with van der Waals surface area (Å²) >= 11 is 0. The number of methoxy groups -OCH3 is 1. The predicted octanol–water partition coefficient (Wildman–Crippen LogP) is 3.96. The highest BCUT2D eigenvalue weighted by molar-refractivity contribution is 5.69. The molecular weight excluding hydrogens is 184 g/mol. The average molecular weight is 202 g/mol. The molecule has 1 aromatic carbocycles. The molecule has 1 aliphatic carbocycles. The van der Waals surface area contributed by atoms with Crippen LogP contribution in [0.3, 0.4) is 0 Å². The van der Waals surface area contributed by atoms with Gasteiger partial charge in [0.2, 0.25) is 0 Å². The lowest BCUT2D eigenvalue weighted by Crippen LogP contribution is -1.95. The summed E-state index contributed by atoms with van der Waals surface area (Å²) in [6, 6.07) is 6.36. The summed E-state index contributed by atoms with van der Waals surface area (Å²) in [7, 11) is 1.72. The van der Waals surface area contributed by atoms with Gasteiger partial charge in [0.25, 0.3) is 0 Å². The quantitative estimate of drug-likeness (QED) is 0.705. The monoisotopic (exact) mass is 202 g/mol. The highest BCUT2D eigenvalue weighted by atomic mass is 16.5. The molecule has 0 fully saturated rings. The number of benzene rings is 1. The Morgan fingerprint density at radius 1 is 1.20 bits per heavy atom. The number of rotatable bonds is 2. The summed E-state index contributed by atoms with van der Waals surface area (Å²) in [5, 5.41) is 0. The molecule has 1 aromatic rings. The van der Waals surface area contributed by atoms with E-state index in [9.17, 15) is 0 Å². The summed E-state index contributed by atoms with van der Waals surface area (Å²) in [6.45, 7) is 2.16. The van der Waals surface area contributed by atoms with Crippen LogP contribution >= 0.6 is 0 Å². The lowest BCUT2D eigenvalue weighted by molar-refractivity contribution is 0.414. The highest BCUT2D eigenvalue weighted by Gasteiger charge is 2.08. The van der Waals surface area contributed by atoms with Gasteiger partial charge in [0.1, 0.15) is 5.75 Å². The van der Waals surface area contributed by atoms with Crippen LogP contribution < -0.4 is 4.74 Å². The Kier molecular flexibility index (Phi) is 3.10. The minimum absolute atomic E-state index is 0.952. The van der Waals surface area contributed by atoms with Crippen molar-refractivity contribution in [3.63, 3.8) is 0 Å². The van der Waals surface area contributed by atoms with E-state index in [-0.39, 0.29) is 0 Å². The fraction of sp³-hybridized carbons (Fsp3) is 0.429. The lowest BCUT2D eigenvalue weighted by Gasteiger charge is -2.15. The van der Waals surface area contributed by atoms with E-state index in [1.54, 1.807) is 7.11 Å². The Morgan fingerprint density at radius 3 is 2.67 bits per heavy atom. The molecule has 1 heteroatoms. The van der Waals surface area contributed by atoms with Crippen molar-refractivity contribution in [2.24, 2.45) is 0 Å². The molecule has 0 amide bonds. The van der Waals surface area contributed by atoms with Gasteiger partial charge in [0.15, 0.2) is 0 Å². The summed E-state index contributed by atoms with van der Waals surface area (Å²) in [4.78, 5) is 0. The molecule has 1 aliphatic rings. The van der Waals surface area contributed by atoms with Gasteiger partial charge in [-0.05, 0) is 61.4 Å². The van der Waals surface area contributed by atoms with Crippen LogP contribution in [0.25, 0.3) is 5.57 Å². The fourth-order valence-electron chi connectivity index (χ4n) is 2.21. The zero-order chi connectivity index (χ0) is 10.7. The van der Waals surface area contributed by atoms with Gasteiger partial charge in [-0.15, -0.1) is 0 Å². The van der Waals surface area contributed by atoms with Crippen molar-refractivity contribution >= 4 is 5.57 Å². The molecule has 0 aromatic heterocycles. The fourth-order valence-corrected chi connectivity index (χ4v) is 2.21. The smallest absolute Gasteiger partial charge is 0.119 e. The van der Waals surface area contributed by atoms with Crippen LogP contribution in [0.1, 0.15) is 36.8 Å². The largest absolute Gasteiger partial charge is 0.497 e. The molecule has 0 saturated heterocycles. The van der Waals surface area contributed by atoms with Crippen molar-refractivity contribution in [1.29, 1.82) is 0 Å². The maximum atomic E-state index is 5.22. The molecule has 0 heterocycles. The summed E-state index contributed by atoms with van der Waals surface area (Å²) in [6.07, 6.45) is 7.53. The van der Waals surface area contributed by atoms with E-state index >= 15 is 0 Å². The number of aryl methyl sites for hydroxylation is 1. The van der Waals surface area contributed by atoms with Gasteiger partial charge in [-0.3, -0.25) is 0 Å². The van der Waals surface area contributed by atoms with Crippen molar-refractivity contribution < 1.29 is 4.74 Å². The van der Waals surface area contributed by atoms with E-state index < -0.39 is 0 Å². The van der Waals surface area contributed by atoms with Gasteiger partial charge in [0, 0.05) is 0 Å². The van der Waals surface area contributed by atoms with Gasteiger partial charge in [-0.1, -0.05) is 12.1 Å². The SMILES string of the molecule is COc1ccc(C2=CCCCC2)c(C)c1. The molecular formula is C14H18O. The lowest BCUT2D eigenvalue weighted by atomic mass is 9.91. The molecule has 2 rings (SSSR count). The van der Waals surface area contributed by atoms with Gasteiger partial charge < -0.3 is 4.74 Å². The van der Waals surface area contributed by atoms with Gasteiger partial charge in [0.05, 0.1) is 7.11 Å². The topological polar surface area (TPSA) is 9.23 Å². The van der Waals surface area contributed by atoms with Crippen molar-refractivity contribution in [2.45, 2.75) is 32.6 Å². The van der Waals surface area contributed by atoms with E-state index in [4.69, 9.17) is 4.74 Å². The molecule has 0 atom stereocenters. The van der Waals surface area contributed by atoms with Crippen LogP contribution in [0.2, 0.25) is 0 Å². The molecule has 0 bridgehead atoms. The maximum Gasteiger partial charge on any atom is 0.119 e. The van der Waals surface area contributed by atoms with Crippen molar-refractivity contribution in [2.75, 3.05) is 7.11 Å². The molecule has 80 valence electrons. The van der Waals surface area contributed by atoms with Crippen LogP contribution in [0.15, 0.2) is 24.3 Å². The molecule has 1 nitrogen and oxygen atoms in total. The van der Waals surface area contributed by atoms with Crippen molar-refractivity contribution in [1.82, 2.24) is 0 Å². The highest BCUT2D eigenvalue weighted by Crippen LogP contribution is 2.30. The van der Waals surface area contributed by atoms with E-state index in [0.717, 1.165) is 5.75 Å². The molecule has 15 heavy (non-hydrogen) atoms. The number of hydrogen-bond donors (Lipinski definition) is 0. The standard InChI is InChI=1S/C14H18O/c1-11-10-13(15-2)8-9-14(11)12-6-4-3-5-7-12/h6,8-10H,3-5,7H2,1-2H3. The van der Waals surface area contributed by atoms with Crippen LogP contribution in [0.4, 0.5) is 0 Å². The number of allylic oxidation sites excluding steroid dienone is 2. The second-order valence-electron chi connectivity index (χ2n) is 4.16. The maximum absolute atomic E-state index is 5.22. The molecule has 0 N–H and O–H groups in total. The van der Waals surface area contributed by atoms with E-state index in [0.29, 0.717) is 0 Å². The number of ether oxygens (including phenoxy) is 1. The Morgan fingerprint density at radius 2 is 2.07 bits per heavy atom. The van der Waals surface area contributed by atoms with Crippen molar-refractivity contribution in [3.8, 4) is 5.75 Å². The summed E-state index contributed by atoms with van der Waals surface area (Å²) in [5.74, 6) is 0.952. The molecule has 0 radical (unpaired) electrons. The molecule has 0 saturated carbocycles. The third-order valence-corrected chi connectivity index (χ3v) is 3.07. The zero-order valence-electron chi connectivity index (χ0n) is 9.55. The van der Waals surface area contributed by atoms with Gasteiger partial charge >= 0.3 is 0 Å². The predicted molar refractivity (Wildman–Crippen MR) is 64.2 cm³/mol.